The van der Waals surface area contributed by atoms with E-state index >= 15 is 0 Å². The van der Waals surface area contributed by atoms with Gasteiger partial charge in [0.25, 0.3) is 0 Å². The van der Waals surface area contributed by atoms with Crippen molar-refractivity contribution in [3.63, 3.8) is 0 Å². The number of hydrogen-bond acceptors (Lipinski definition) is 3. The van der Waals surface area contributed by atoms with Crippen LogP contribution in [0.3, 0.4) is 0 Å². The Labute approximate surface area is 53.4 Å². The highest BCUT2D eigenvalue weighted by atomic mass is 32.2. The van der Waals surface area contributed by atoms with Crippen LogP contribution in [-0.4, -0.2) is 23.1 Å². The number of aliphatic hydroxyl groups is 1. The smallest absolute Gasteiger partial charge is 0.104 e. The monoisotopic (exact) mass is 134 g/mol. The fourth-order valence-electron chi connectivity index (χ4n) is 0.589. The van der Waals surface area contributed by atoms with E-state index in [0.29, 0.717) is 0 Å². The molecule has 0 aliphatic carbocycles. The molecule has 0 aromatic carbocycles. The third-order valence-electron chi connectivity index (χ3n) is 1.31. The molecule has 1 N–H and O–H groups in total. The number of rotatable bonds is 1. The predicted octanol–water partition coefficient (Wildman–Crippen LogP) is 0.806. The maximum absolute atomic E-state index is 8.69. The maximum Gasteiger partial charge on any atom is 0.104 e. The van der Waals surface area contributed by atoms with Gasteiger partial charge in [0.05, 0.1) is 6.61 Å². The Kier molecular flexibility index (Phi) is 1.80. The molecule has 1 atom stereocenters. The van der Waals surface area contributed by atoms with Crippen molar-refractivity contribution in [1.29, 1.82) is 0 Å². The summed E-state index contributed by atoms with van der Waals surface area (Å²) in [6.45, 7) is 2.06. The highest BCUT2D eigenvalue weighted by Crippen LogP contribution is 2.30. The zero-order chi connectivity index (χ0) is 6.04. The molecule has 2 nitrogen and oxygen atoms in total. The Balaban J connectivity index is 2.40. The lowest BCUT2D eigenvalue weighted by Gasteiger charge is -2.16. The molecule has 0 spiro atoms. The van der Waals surface area contributed by atoms with Gasteiger partial charge in [0.2, 0.25) is 0 Å². The lowest BCUT2D eigenvalue weighted by molar-refractivity contribution is 0.0551. The molecule has 0 bridgehead atoms. The molecule has 1 rings (SSSR count). The Morgan fingerprint density at radius 3 is 2.88 bits per heavy atom. The van der Waals surface area contributed by atoms with Gasteiger partial charge in [-0.05, 0) is 25.4 Å². The molecule has 1 fully saturated rings. The van der Waals surface area contributed by atoms with Gasteiger partial charge in [0, 0.05) is 5.75 Å². The molecule has 8 heavy (non-hydrogen) atoms. The van der Waals surface area contributed by atoms with Crippen LogP contribution >= 0.6 is 12.0 Å². The quantitative estimate of drug-likeness (QED) is 0.538. The first-order chi connectivity index (χ1) is 3.77. The molecule has 0 saturated carbocycles. The maximum atomic E-state index is 8.69. The molecule has 1 heterocycles. The lowest BCUT2D eigenvalue weighted by atomic mass is 10.1. The Morgan fingerprint density at radius 1 is 1.88 bits per heavy atom. The lowest BCUT2D eigenvalue weighted by Crippen LogP contribution is -2.26. The summed E-state index contributed by atoms with van der Waals surface area (Å²) < 4.78 is 5.16. The second-order valence-corrected chi connectivity index (χ2v) is 3.07. The van der Waals surface area contributed by atoms with Crippen LogP contribution in [0.15, 0.2) is 0 Å². The second kappa shape index (κ2) is 2.25. The highest BCUT2D eigenvalue weighted by molar-refractivity contribution is 7.94. The van der Waals surface area contributed by atoms with Crippen LogP contribution in [0.25, 0.3) is 0 Å². The van der Waals surface area contributed by atoms with Crippen molar-refractivity contribution in [3.05, 3.63) is 0 Å². The van der Waals surface area contributed by atoms with E-state index in [0.717, 1.165) is 12.2 Å². The van der Waals surface area contributed by atoms with Crippen LogP contribution in [0.5, 0.6) is 0 Å². The summed E-state index contributed by atoms with van der Waals surface area (Å²) in [6.07, 6.45) is 0.966. The third-order valence-corrected chi connectivity index (χ3v) is 2.20. The van der Waals surface area contributed by atoms with Crippen LogP contribution in [0.2, 0.25) is 0 Å². The standard InChI is InChI=1S/C5H10O2S/c1-5(4-6)2-3-8-7-5/h6H,2-4H2,1H3/t5-/m0/s1. The summed E-state index contributed by atoms with van der Waals surface area (Å²) in [4.78, 5) is 0. The van der Waals surface area contributed by atoms with E-state index in [1.165, 1.54) is 12.0 Å². The van der Waals surface area contributed by atoms with Crippen LogP contribution in [-0.2, 0) is 4.18 Å². The topological polar surface area (TPSA) is 29.5 Å². The van der Waals surface area contributed by atoms with Crippen molar-refractivity contribution in [3.8, 4) is 0 Å². The van der Waals surface area contributed by atoms with Gasteiger partial charge in [-0.15, -0.1) is 0 Å². The Hall–Kier alpha value is 0.270. The van der Waals surface area contributed by atoms with Gasteiger partial charge >= 0.3 is 0 Å². The minimum atomic E-state index is -0.245. The normalized spacial score (nSPS) is 38.2. The highest BCUT2D eigenvalue weighted by Gasteiger charge is 2.29. The first kappa shape index (κ1) is 6.39. The Morgan fingerprint density at radius 2 is 2.62 bits per heavy atom. The average molecular weight is 134 g/mol. The molecule has 1 aliphatic rings. The minimum absolute atomic E-state index is 0.139. The number of hydrogen-bond donors (Lipinski definition) is 1. The van der Waals surface area contributed by atoms with Crippen molar-refractivity contribution in [2.45, 2.75) is 18.9 Å². The van der Waals surface area contributed by atoms with E-state index in [-0.39, 0.29) is 12.2 Å². The van der Waals surface area contributed by atoms with Crippen molar-refractivity contribution in [1.82, 2.24) is 0 Å². The molecule has 0 amide bonds. The molecule has 1 aliphatic heterocycles. The van der Waals surface area contributed by atoms with Crippen molar-refractivity contribution in [2.75, 3.05) is 12.4 Å². The summed E-state index contributed by atoms with van der Waals surface area (Å²) in [5.41, 5.74) is -0.245. The third kappa shape index (κ3) is 1.16. The van der Waals surface area contributed by atoms with Crippen LogP contribution in [0, 0.1) is 0 Å². The molecule has 0 radical (unpaired) electrons. The summed E-state index contributed by atoms with van der Waals surface area (Å²) in [5, 5.41) is 8.69. The molecule has 3 heteroatoms. The largest absolute Gasteiger partial charge is 0.393 e. The Bertz CT molecular complexity index is 78.5. The van der Waals surface area contributed by atoms with E-state index in [1.54, 1.807) is 0 Å². The van der Waals surface area contributed by atoms with Gasteiger partial charge in [0.1, 0.15) is 5.60 Å². The van der Waals surface area contributed by atoms with E-state index < -0.39 is 0 Å². The molecular formula is C5H10O2S. The van der Waals surface area contributed by atoms with E-state index in [9.17, 15) is 0 Å². The number of aliphatic hydroxyl groups excluding tert-OH is 1. The van der Waals surface area contributed by atoms with E-state index in [4.69, 9.17) is 9.29 Å². The van der Waals surface area contributed by atoms with Gasteiger partial charge < -0.3 is 9.29 Å². The predicted molar refractivity (Wildman–Crippen MR) is 33.7 cm³/mol. The van der Waals surface area contributed by atoms with Gasteiger partial charge in [0.15, 0.2) is 0 Å². The molecule has 0 aromatic heterocycles. The molecule has 1 saturated heterocycles. The zero-order valence-corrected chi connectivity index (χ0v) is 5.70. The summed E-state index contributed by atoms with van der Waals surface area (Å²) >= 11 is 1.45. The molecular weight excluding hydrogens is 124 g/mol. The van der Waals surface area contributed by atoms with Gasteiger partial charge in [-0.2, -0.15) is 0 Å². The van der Waals surface area contributed by atoms with Gasteiger partial charge in [-0.1, -0.05) is 0 Å². The summed E-state index contributed by atoms with van der Waals surface area (Å²) in [5.74, 6) is 1.01. The van der Waals surface area contributed by atoms with Crippen molar-refractivity contribution < 1.29 is 9.29 Å². The van der Waals surface area contributed by atoms with E-state index in [2.05, 4.69) is 0 Å². The van der Waals surface area contributed by atoms with Crippen molar-refractivity contribution in [2.24, 2.45) is 0 Å². The second-order valence-electron chi connectivity index (χ2n) is 2.26. The van der Waals surface area contributed by atoms with Crippen LogP contribution in [0.1, 0.15) is 13.3 Å². The van der Waals surface area contributed by atoms with Crippen LogP contribution < -0.4 is 0 Å². The molecule has 48 valence electrons. The average Bonchev–Trinajstić information content (AvgIpc) is 2.17. The first-order valence-corrected chi connectivity index (χ1v) is 3.59. The van der Waals surface area contributed by atoms with E-state index in [1.807, 2.05) is 6.92 Å². The summed E-state index contributed by atoms with van der Waals surface area (Å²) in [7, 11) is 0. The minimum Gasteiger partial charge on any atom is -0.393 e. The van der Waals surface area contributed by atoms with Gasteiger partial charge in [-0.25, -0.2) is 0 Å². The fourth-order valence-corrected chi connectivity index (χ4v) is 1.61. The molecule has 0 aromatic rings. The van der Waals surface area contributed by atoms with Crippen LogP contribution in [0.4, 0.5) is 0 Å². The van der Waals surface area contributed by atoms with Gasteiger partial charge in [-0.3, -0.25) is 0 Å². The molecule has 0 unspecified atom stereocenters. The summed E-state index contributed by atoms with van der Waals surface area (Å²) in [6, 6.07) is 0. The zero-order valence-electron chi connectivity index (χ0n) is 4.89. The first-order valence-electron chi connectivity index (χ1n) is 2.68. The SMILES string of the molecule is C[C@@]1(CO)CCSO1. The fraction of sp³-hybridized carbons (Fsp3) is 1.00. The van der Waals surface area contributed by atoms with Crippen molar-refractivity contribution >= 4 is 12.0 Å².